The molecule has 3 heteroatoms. The molecule has 1 aromatic rings. The zero-order valence-electron chi connectivity index (χ0n) is 12.5. The minimum Gasteiger partial charge on any atom is -0.317 e. The molecule has 0 amide bonds. The van der Waals surface area contributed by atoms with Gasteiger partial charge in [-0.15, -0.1) is 0 Å². The lowest BCUT2D eigenvalue weighted by Gasteiger charge is -2.46. The maximum absolute atomic E-state index is 10.9. The second-order valence-corrected chi connectivity index (χ2v) is 7.06. The minimum absolute atomic E-state index is 0.376. The second kappa shape index (κ2) is 5.22. The highest BCUT2D eigenvalue weighted by atomic mass is 16.1. The van der Waals surface area contributed by atoms with Crippen molar-refractivity contribution in [3.8, 4) is 0 Å². The Morgan fingerprint density at radius 3 is 2.86 bits per heavy atom. The van der Waals surface area contributed by atoms with Gasteiger partial charge in [-0.1, -0.05) is 24.3 Å². The molecule has 3 atom stereocenters. The molecular formula is C18H24N2O. The van der Waals surface area contributed by atoms with E-state index in [0.717, 1.165) is 25.8 Å². The number of hydrogen-bond acceptors (Lipinski definition) is 3. The van der Waals surface area contributed by atoms with E-state index in [9.17, 15) is 4.79 Å². The van der Waals surface area contributed by atoms with Gasteiger partial charge in [0.05, 0.1) is 0 Å². The Hall–Kier alpha value is -1.19. The summed E-state index contributed by atoms with van der Waals surface area (Å²) in [4.78, 5) is 10.9. The van der Waals surface area contributed by atoms with Crippen LogP contribution in [0.5, 0.6) is 0 Å². The van der Waals surface area contributed by atoms with Crippen molar-refractivity contribution in [2.45, 2.75) is 49.6 Å². The summed E-state index contributed by atoms with van der Waals surface area (Å²) in [7, 11) is 0. The normalized spacial score (nSPS) is 33.4. The van der Waals surface area contributed by atoms with E-state index in [4.69, 9.17) is 0 Å². The molecule has 2 saturated heterocycles. The number of carbonyl (C=O) groups excluding carboxylic acids is 1. The Morgan fingerprint density at radius 1 is 1.24 bits per heavy atom. The van der Waals surface area contributed by atoms with E-state index in [1.165, 1.54) is 24.8 Å². The zero-order valence-corrected chi connectivity index (χ0v) is 12.5. The first-order chi connectivity index (χ1) is 10.3. The number of aldehydes is 1. The van der Waals surface area contributed by atoms with Crippen LogP contribution in [0.15, 0.2) is 24.3 Å². The topological polar surface area (TPSA) is 41.1 Å². The molecule has 2 fully saturated rings. The van der Waals surface area contributed by atoms with Gasteiger partial charge in [-0.05, 0) is 61.2 Å². The average molecular weight is 284 g/mol. The Balaban J connectivity index is 1.72. The van der Waals surface area contributed by atoms with E-state index in [0.29, 0.717) is 29.8 Å². The Morgan fingerprint density at radius 2 is 2.05 bits per heavy atom. The van der Waals surface area contributed by atoms with Crippen LogP contribution in [0, 0.1) is 5.92 Å². The molecule has 2 N–H and O–H groups in total. The fraction of sp³-hybridized carbons (Fsp3) is 0.611. The molecule has 1 spiro atoms. The molecule has 0 saturated carbocycles. The van der Waals surface area contributed by atoms with Crippen LogP contribution in [0.25, 0.3) is 0 Å². The Labute approximate surface area is 126 Å². The molecular weight excluding hydrogens is 260 g/mol. The lowest BCUT2D eigenvalue weighted by Crippen LogP contribution is -2.45. The quantitative estimate of drug-likeness (QED) is 0.819. The van der Waals surface area contributed by atoms with Crippen molar-refractivity contribution < 1.29 is 4.79 Å². The first-order valence-corrected chi connectivity index (χ1v) is 8.32. The standard InChI is InChI=1S/C18H24N2O/c21-10-5-14-11-13-12-18(6-8-19-9-7-18)16-4-2-1-3-15(16)17(13)20-14/h1-4,10,13-14,17,19-20H,5-9,11-12H2/t13-,14?,17-/m0/s1. The number of rotatable bonds is 2. The fourth-order valence-corrected chi connectivity index (χ4v) is 5.03. The van der Waals surface area contributed by atoms with Crippen molar-refractivity contribution in [3.05, 3.63) is 35.4 Å². The summed E-state index contributed by atoms with van der Waals surface area (Å²) in [5.41, 5.74) is 3.46. The van der Waals surface area contributed by atoms with Crippen LogP contribution in [0.4, 0.5) is 0 Å². The van der Waals surface area contributed by atoms with Gasteiger partial charge in [0.15, 0.2) is 0 Å². The molecule has 1 unspecified atom stereocenters. The molecule has 21 heavy (non-hydrogen) atoms. The minimum atomic E-state index is 0.376. The van der Waals surface area contributed by atoms with Crippen molar-refractivity contribution >= 4 is 6.29 Å². The van der Waals surface area contributed by atoms with Crippen LogP contribution in [0.3, 0.4) is 0 Å². The zero-order chi connectivity index (χ0) is 14.3. The summed E-state index contributed by atoms with van der Waals surface area (Å²) in [5, 5.41) is 7.24. The third-order valence-corrected chi connectivity index (χ3v) is 5.94. The molecule has 3 nitrogen and oxygen atoms in total. The largest absolute Gasteiger partial charge is 0.317 e. The van der Waals surface area contributed by atoms with E-state index in [1.807, 2.05) is 0 Å². The summed E-state index contributed by atoms with van der Waals surface area (Å²) < 4.78 is 0. The molecule has 1 aliphatic carbocycles. The van der Waals surface area contributed by atoms with Gasteiger partial charge in [0.2, 0.25) is 0 Å². The van der Waals surface area contributed by atoms with Crippen molar-refractivity contribution in [1.29, 1.82) is 0 Å². The van der Waals surface area contributed by atoms with Gasteiger partial charge in [-0.2, -0.15) is 0 Å². The molecule has 2 heterocycles. The lowest BCUT2D eigenvalue weighted by atomic mass is 9.60. The highest BCUT2D eigenvalue weighted by Crippen LogP contribution is 2.52. The van der Waals surface area contributed by atoms with Gasteiger partial charge >= 0.3 is 0 Å². The summed E-state index contributed by atoms with van der Waals surface area (Å²) in [6, 6.07) is 9.87. The second-order valence-electron chi connectivity index (χ2n) is 7.06. The van der Waals surface area contributed by atoms with E-state index in [-0.39, 0.29) is 0 Å². The van der Waals surface area contributed by atoms with Gasteiger partial charge in [-0.3, -0.25) is 0 Å². The fourth-order valence-electron chi connectivity index (χ4n) is 5.03. The molecule has 0 bridgehead atoms. The van der Waals surface area contributed by atoms with Crippen LogP contribution in [0.1, 0.15) is 49.3 Å². The van der Waals surface area contributed by atoms with Crippen LogP contribution >= 0.6 is 0 Å². The predicted molar refractivity (Wildman–Crippen MR) is 83.3 cm³/mol. The van der Waals surface area contributed by atoms with Gasteiger partial charge < -0.3 is 15.4 Å². The predicted octanol–water partition coefficient (Wildman–Crippen LogP) is 2.32. The van der Waals surface area contributed by atoms with Gasteiger partial charge in [-0.25, -0.2) is 0 Å². The van der Waals surface area contributed by atoms with Gasteiger partial charge in [0, 0.05) is 18.5 Å². The van der Waals surface area contributed by atoms with Crippen LogP contribution in [-0.4, -0.2) is 25.4 Å². The van der Waals surface area contributed by atoms with Crippen LogP contribution < -0.4 is 10.6 Å². The van der Waals surface area contributed by atoms with Crippen molar-refractivity contribution in [2.24, 2.45) is 5.92 Å². The van der Waals surface area contributed by atoms with E-state index >= 15 is 0 Å². The Bertz CT molecular complexity index is 536. The molecule has 1 aromatic carbocycles. The highest BCUT2D eigenvalue weighted by Gasteiger charge is 2.48. The number of piperidine rings is 1. The maximum atomic E-state index is 10.9. The third-order valence-electron chi connectivity index (χ3n) is 5.94. The molecule has 112 valence electrons. The van der Waals surface area contributed by atoms with Gasteiger partial charge in [0.1, 0.15) is 6.29 Å². The van der Waals surface area contributed by atoms with Crippen molar-refractivity contribution in [3.63, 3.8) is 0 Å². The SMILES string of the molecule is O=CCC1C[C@H]2CC3(CCNCC3)c3ccccc3[C@H]2N1. The number of carbonyl (C=O) groups is 1. The number of nitrogens with one attached hydrogen (secondary N) is 2. The highest BCUT2D eigenvalue weighted by molar-refractivity contribution is 5.51. The van der Waals surface area contributed by atoms with E-state index in [2.05, 4.69) is 34.9 Å². The molecule has 4 rings (SSSR count). The maximum Gasteiger partial charge on any atom is 0.121 e. The first-order valence-electron chi connectivity index (χ1n) is 8.32. The molecule has 2 aliphatic heterocycles. The first kappa shape index (κ1) is 13.5. The molecule has 3 aliphatic rings. The van der Waals surface area contributed by atoms with Crippen molar-refractivity contribution in [1.82, 2.24) is 10.6 Å². The number of hydrogen-bond donors (Lipinski definition) is 2. The van der Waals surface area contributed by atoms with Crippen molar-refractivity contribution in [2.75, 3.05) is 13.1 Å². The Kier molecular flexibility index (Phi) is 3.35. The summed E-state index contributed by atoms with van der Waals surface area (Å²) in [5.74, 6) is 0.697. The number of fused-ring (bicyclic) bond motifs is 4. The average Bonchev–Trinajstić information content (AvgIpc) is 2.91. The van der Waals surface area contributed by atoms with Crippen LogP contribution in [0.2, 0.25) is 0 Å². The molecule has 0 aromatic heterocycles. The van der Waals surface area contributed by atoms with Gasteiger partial charge in [0.25, 0.3) is 0 Å². The third kappa shape index (κ3) is 2.14. The molecule has 0 radical (unpaired) electrons. The number of benzene rings is 1. The summed E-state index contributed by atoms with van der Waals surface area (Å²) in [6.45, 7) is 2.27. The van der Waals surface area contributed by atoms with Crippen LogP contribution in [-0.2, 0) is 10.2 Å². The monoisotopic (exact) mass is 284 g/mol. The van der Waals surface area contributed by atoms with E-state index in [1.54, 1.807) is 5.56 Å². The summed E-state index contributed by atoms with van der Waals surface area (Å²) in [6.07, 6.45) is 6.69. The summed E-state index contributed by atoms with van der Waals surface area (Å²) >= 11 is 0. The smallest absolute Gasteiger partial charge is 0.121 e. The van der Waals surface area contributed by atoms with E-state index < -0.39 is 0 Å². The lowest BCUT2D eigenvalue weighted by molar-refractivity contribution is -0.108.